The van der Waals surface area contributed by atoms with Crippen molar-refractivity contribution >= 4 is 12.0 Å². The van der Waals surface area contributed by atoms with E-state index in [0.29, 0.717) is 17.7 Å². The van der Waals surface area contributed by atoms with Crippen LogP contribution in [0.1, 0.15) is 11.1 Å². The molecule has 88 valence electrons. The minimum absolute atomic E-state index is 0.0153. The summed E-state index contributed by atoms with van der Waals surface area (Å²) in [7, 11) is 0. The van der Waals surface area contributed by atoms with Gasteiger partial charge in [0, 0.05) is 6.54 Å². The van der Waals surface area contributed by atoms with Crippen LogP contribution in [-0.4, -0.2) is 12.5 Å². The standard InChI is InChI=1S/C14H11N3O/c1-2-7-17-14(18)13(10-16)8-11-3-5-12(9-15)6-4-11/h2-6,8H,1,7H2,(H,17,18)/b13-8+. The Morgan fingerprint density at radius 2 is 2.00 bits per heavy atom. The van der Waals surface area contributed by atoms with Gasteiger partial charge in [-0.1, -0.05) is 18.2 Å². The number of nitrogens with zero attached hydrogens (tertiary/aromatic N) is 2. The fraction of sp³-hybridized carbons (Fsp3) is 0.0714. The summed E-state index contributed by atoms with van der Waals surface area (Å²) < 4.78 is 0. The van der Waals surface area contributed by atoms with Crippen molar-refractivity contribution in [2.24, 2.45) is 0 Å². The summed E-state index contributed by atoms with van der Waals surface area (Å²) in [4.78, 5) is 11.6. The molecule has 0 aromatic heterocycles. The average molecular weight is 237 g/mol. The molecule has 0 saturated heterocycles. The van der Waals surface area contributed by atoms with Gasteiger partial charge in [0.2, 0.25) is 0 Å². The molecular formula is C14H11N3O. The van der Waals surface area contributed by atoms with Crippen LogP contribution in [0, 0.1) is 22.7 Å². The molecule has 0 spiro atoms. The second-order valence-electron chi connectivity index (χ2n) is 3.40. The van der Waals surface area contributed by atoms with Crippen molar-refractivity contribution in [1.29, 1.82) is 10.5 Å². The van der Waals surface area contributed by atoms with E-state index in [9.17, 15) is 4.79 Å². The van der Waals surface area contributed by atoms with Crippen molar-refractivity contribution < 1.29 is 4.79 Å². The van der Waals surface area contributed by atoms with E-state index in [0.717, 1.165) is 0 Å². The van der Waals surface area contributed by atoms with E-state index < -0.39 is 5.91 Å². The highest BCUT2D eigenvalue weighted by atomic mass is 16.1. The first kappa shape index (κ1) is 13.2. The molecule has 1 rings (SSSR count). The van der Waals surface area contributed by atoms with Crippen LogP contribution in [0.15, 0.2) is 42.5 Å². The fourth-order valence-electron chi connectivity index (χ4n) is 1.23. The zero-order valence-corrected chi connectivity index (χ0v) is 9.68. The lowest BCUT2D eigenvalue weighted by Crippen LogP contribution is -2.24. The van der Waals surface area contributed by atoms with Gasteiger partial charge in [0.15, 0.2) is 0 Å². The van der Waals surface area contributed by atoms with E-state index >= 15 is 0 Å². The SMILES string of the molecule is C=CCNC(=O)/C(C#N)=C/c1ccc(C#N)cc1. The maximum absolute atomic E-state index is 11.6. The van der Waals surface area contributed by atoms with Crippen LogP contribution in [0.3, 0.4) is 0 Å². The Morgan fingerprint density at radius 1 is 1.33 bits per heavy atom. The second kappa shape index (κ2) is 6.67. The van der Waals surface area contributed by atoms with Crippen LogP contribution in [0.4, 0.5) is 0 Å². The van der Waals surface area contributed by atoms with Gasteiger partial charge < -0.3 is 5.32 Å². The van der Waals surface area contributed by atoms with Gasteiger partial charge in [-0.15, -0.1) is 6.58 Å². The van der Waals surface area contributed by atoms with E-state index in [-0.39, 0.29) is 5.57 Å². The summed E-state index contributed by atoms with van der Waals surface area (Å²) >= 11 is 0. The Labute approximate surface area is 105 Å². The molecule has 1 N–H and O–H groups in total. The third-order valence-corrected chi connectivity index (χ3v) is 2.12. The lowest BCUT2D eigenvalue weighted by molar-refractivity contribution is -0.116. The third kappa shape index (κ3) is 3.62. The van der Waals surface area contributed by atoms with Gasteiger partial charge in [0.25, 0.3) is 5.91 Å². The van der Waals surface area contributed by atoms with Crippen LogP contribution >= 0.6 is 0 Å². The van der Waals surface area contributed by atoms with Gasteiger partial charge in [-0.3, -0.25) is 4.79 Å². The molecule has 0 fully saturated rings. The zero-order valence-electron chi connectivity index (χ0n) is 9.68. The molecule has 0 radical (unpaired) electrons. The summed E-state index contributed by atoms with van der Waals surface area (Å²) in [6, 6.07) is 10.4. The van der Waals surface area contributed by atoms with Crippen LogP contribution in [0.5, 0.6) is 0 Å². The summed E-state index contributed by atoms with van der Waals surface area (Å²) in [6.07, 6.45) is 3.01. The molecule has 1 aromatic carbocycles. The molecule has 1 aromatic rings. The average Bonchev–Trinajstić information content (AvgIpc) is 2.42. The Balaban J connectivity index is 2.90. The molecule has 1 amide bonds. The van der Waals surface area contributed by atoms with Crippen molar-refractivity contribution in [3.63, 3.8) is 0 Å². The van der Waals surface area contributed by atoms with Gasteiger partial charge >= 0.3 is 0 Å². The molecule has 0 saturated carbocycles. The first-order valence-electron chi connectivity index (χ1n) is 5.22. The molecule has 0 unspecified atom stereocenters. The number of carbonyl (C=O) groups is 1. The second-order valence-corrected chi connectivity index (χ2v) is 3.40. The van der Waals surface area contributed by atoms with Crippen molar-refractivity contribution in [2.45, 2.75) is 0 Å². The first-order valence-corrected chi connectivity index (χ1v) is 5.22. The Hall–Kier alpha value is -2.85. The van der Waals surface area contributed by atoms with E-state index in [1.807, 2.05) is 12.1 Å². The number of carbonyl (C=O) groups excluding carboxylic acids is 1. The molecule has 0 bridgehead atoms. The highest BCUT2D eigenvalue weighted by molar-refractivity contribution is 6.01. The topological polar surface area (TPSA) is 76.7 Å². The number of nitrogens with one attached hydrogen (secondary N) is 1. The normalized spacial score (nSPS) is 10.0. The van der Waals surface area contributed by atoms with Gasteiger partial charge in [-0.05, 0) is 23.8 Å². The van der Waals surface area contributed by atoms with Gasteiger partial charge in [0.1, 0.15) is 11.6 Å². The lowest BCUT2D eigenvalue weighted by Gasteiger charge is -2.00. The summed E-state index contributed by atoms with van der Waals surface area (Å²) in [5.74, 6) is -0.443. The molecule has 18 heavy (non-hydrogen) atoms. The molecule has 4 heteroatoms. The molecular weight excluding hydrogens is 226 g/mol. The quantitative estimate of drug-likeness (QED) is 0.492. The van der Waals surface area contributed by atoms with E-state index in [2.05, 4.69) is 11.9 Å². The van der Waals surface area contributed by atoms with Crippen molar-refractivity contribution in [3.8, 4) is 12.1 Å². The van der Waals surface area contributed by atoms with E-state index in [1.165, 1.54) is 12.2 Å². The maximum Gasteiger partial charge on any atom is 0.262 e. The van der Waals surface area contributed by atoms with Gasteiger partial charge in [-0.25, -0.2) is 0 Å². The lowest BCUT2D eigenvalue weighted by atomic mass is 10.1. The smallest absolute Gasteiger partial charge is 0.262 e. The zero-order chi connectivity index (χ0) is 13.4. The third-order valence-electron chi connectivity index (χ3n) is 2.12. The molecule has 0 aliphatic carbocycles. The number of nitriles is 2. The van der Waals surface area contributed by atoms with Crippen molar-refractivity contribution in [3.05, 3.63) is 53.6 Å². The van der Waals surface area contributed by atoms with Crippen molar-refractivity contribution in [2.75, 3.05) is 6.54 Å². The molecule has 0 aliphatic heterocycles. The summed E-state index contributed by atoms with van der Waals surface area (Å²) in [5.41, 5.74) is 1.24. The van der Waals surface area contributed by atoms with Crippen molar-refractivity contribution in [1.82, 2.24) is 5.32 Å². The van der Waals surface area contributed by atoms with Crippen LogP contribution < -0.4 is 5.32 Å². The van der Waals surface area contributed by atoms with Gasteiger partial charge in [-0.2, -0.15) is 10.5 Å². The van der Waals surface area contributed by atoms with E-state index in [4.69, 9.17) is 10.5 Å². The van der Waals surface area contributed by atoms with Crippen LogP contribution in [0.25, 0.3) is 6.08 Å². The number of hydrogen-bond acceptors (Lipinski definition) is 3. The molecule has 0 heterocycles. The fourth-order valence-corrected chi connectivity index (χ4v) is 1.23. The largest absolute Gasteiger partial charge is 0.348 e. The first-order chi connectivity index (χ1) is 8.71. The summed E-state index contributed by atoms with van der Waals surface area (Å²) in [5, 5.41) is 20.1. The number of hydrogen-bond donors (Lipinski definition) is 1. The van der Waals surface area contributed by atoms with Gasteiger partial charge in [0.05, 0.1) is 11.6 Å². The summed E-state index contributed by atoms with van der Waals surface area (Å²) in [6.45, 7) is 3.78. The van der Waals surface area contributed by atoms with Crippen LogP contribution in [-0.2, 0) is 4.79 Å². The Morgan fingerprint density at radius 3 is 2.50 bits per heavy atom. The Bertz CT molecular complexity index is 556. The van der Waals surface area contributed by atoms with E-state index in [1.54, 1.807) is 24.3 Å². The highest BCUT2D eigenvalue weighted by Gasteiger charge is 2.07. The molecule has 0 atom stereocenters. The number of benzene rings is 1. The minimum atomic E-state index is -0.443. The maximum atomic E-state index is 11.6. The number of rotatable bonds is 4. The predicted octanol–water partition coefficient (Wildman–Crippen LogP) is 1.77. The minimum Gasteiger partial charge on any atom is -0.348 e. The predicted molar refractivity (Wildman–Crippen MR) is 68.0 cm³/mol. The molecule has 0 aliphatic rings. The molecule has 4 nitrogen and oxygen atoms in total. The van der Waals surface area contributed by atoms with Crippen LogP contribution in [0.2, 0.25) is 0 Å². The number of amides is 1. The monoisotopic (exact) mass is 237 g/mol. The highest BCUT2D eigenvalue weighted by Crippen LogP contribution is 2.08. The Kier molecular flexibility index (Phi) is 4.90.